The summed E-state index contributed by atoms with van der Waals surface area (Å²) in [6.07, 6.45) is 0. The minimum Gasteiger partial charge on any atom is -0.399 e. The third kappa shape index (κ3) is 1.64. The molecule has 0 spiro atoms. The molecule has 3 heteroatoms. The van der Waals surface area contributed by atoms with Crippen molar-refractivity contribution in [2.24, 2.45) is 0 Å². The largest absolute Gasteiger partial charge is 0.399 e. The number of nitrogens with zero attached hydrogens (tertiary/aromatic N) is 1. The van der Waals surface area contributed by atoms with Crippen LogP contribution in [0.25, 0.3) is 22.4 Å². The van der Waals surface area contributed by atoms with Crippen LogP contribution in [-0.4, -0.2) is 9.97 Å². The molecule has 0 fully saturated rings. The highest BCUT2D eigenvalue weighted by Crippen LogP contribution is 2.25. The number of anilines is 1. The minimum absolute atomic E-state index is 0.749. The number of hydrogen-bond acceptors (Lipinski definition) is 2. The van der Waals surface area contributed by atoms with Crippen LogP contribution >= 0.6 is 0 Å². The van der Waals surface area contributed by atoms with E-state index in [4.69, 9.17) is 5.73 Å². The Hall–Kier alpha value is -2.29. The number of rotatable bonds is 1. The van der Waals surface area contributed by atoms with Crippen molar-refractivity contribution in [3.05, 3.63) is 47.5 Å². The third-order valence-electron chi connectivity index (χ3n) is 3.37. The molecule has 18 heavy (non-hydrogen) atoms. The van der Waals surface area contributed by atoms with Crippen molar-refractivity contribution in [1.82, 2.24) is 9.97 Å². The highest BCUT2D eigenvalue weighted by atomic mass is 14.9. The number of benzene rings is 2. The fourth-order valence-corrected chi connectivity index (χ4v) is 2.16. The Balaban J connectivity index is 2.22. The van der Waals surface area contributed by atoms with Crippen LogP contribution in [0.15, 0.2) is 36.4 Å². The summed E-state index contributed by atoms with van der Waals surface area (Å²) in [6, 6.07) is 12.0. The summed E-state index contributed by atoms with van der Waals surface area (Å²) in [5.74, 6) is 0.900. The van der Waals surface area contributed by atoms with Gasteiger partial charge in [-0.2, -0.15) is 0 Å². The summed E-state index contributed by atoms with van der Waals surface area (Å²) in [4.78, 5) is 7.94. The van der Waals surface area contributed by atoms with Gasteiger partial charge in [-0.3, -0.25) is 0 Å². The number of aromatic nitrogens is 2. The Morgan fingerprint density at radius 1 is 1.11 bits per heavy atom. The molecule has 0 radical (unpaired) electrons. The van der Waals surface area contributed by atoms with Gasteiger partial charge in [0.15, 0.2) is 0 Å². The molecule has 3 N–H and O–H groups in total. The summed E-state index contributed by atoms with van der Waals surface area (Å²) in [5, 5.41) is 0. The minimum atomic E-state index is 0.749. The SMILES string of the molecule is Cc1cccc(-c2nc3ccc(N)cc3[nH]2)c1C. The second kappa shape index (κ2) is 3.88. The number of hydrogen-bond donors (Lipinski definition) is 2. The van der Waals surface area contributed by atoms with Gasteiger partial charge in [-0.05, 0) is 43.2 Å². The first-order valence-corrected chi connectivity index (χ1v) is 5.97. The Kier molecular flexibility index (Phi) is 2.33. The number of nitrogens with two attached hydrogens (primary N) is 1. The van der Waals surface area contributed by atoms with Crippen molar-refractivity contribution in [1.29, 1.82) is 0 Å². The molecule has 0 unspecified atom stereocenters. The normalized spacial score (nSPS) is 11.0. The third-order valence-corrected chi connectivity index (χ3v) is 3.37. The van der Waals surface area contributed by atoms with Crippen LogP contribution < -0.4 is 5.73 Å². The first kappa shape index (κ1) is 10.8. The number of nitrogens with one attached hydrogen (secondary N) is 1. The second-order valence-corrected chi connectivity index (χ2v) is 4.61. The molecule has 1 heterocycles. The van der Waals surface area contributed by atoms with Crippen molar-refractivity contribution in [2.45, 2.75) is 13.8 Å². The van der Waals surface area contributed by atoms with E-state index in [1.807, 2.05) is 18.2 Å². The number of aryl methyl sites for hydroxylation is 1. The zero-order valence-electron chi connectivity index (χ0n) is 10.5. The van der Waals surface area contributed by atoms with Crippen LogP contribution in [0.2, 0.25) is 0 Å². The molecular formula is C15H15N3. The molecule has 0 amide bonds. The van der Waals surface area contributed by atoms with Gasteiger partial charge in [0.1, 0.15) is 5.82 Å². The average Bonchev–Trinajstić information content (AvgIpc) is 2.75. The van der Waals surface area contributed by atoms with E-state index in [9.17, 15) is 0 Å². The van der Waals surface area contributed by atoms with E-state index in [2.05, 4.69) is 42.0 Å². The lowest BCUT2D eigenvalue weighted by Crippen LogP contribution is -1.88. The van der Waals surface area contributed by atoms with Crippen molar-refractivity contribution < 1.29 is 0 Å². The van der Waals surface area contributed by atoms with Gasteiger partial charge in [-0.1, -0.05) is 18.2 Å². The van der Waals surface area contributed by atoms with E-state index >= 15 is 0 Å². The van der Waals surface area contributed by atoms with Gasteiger partial charge in [0.25, 0.3) is 0 Å². The number of H-pyrrole nitrogens is 1. The molecule has 0 aliphatic heterocycles. The first-order chi connectivity index (χ1) is 8.65. The summed E-state index contributed by atoms with van der Waals surface area (Å²) in [5.41, 5.74) is 12.1. The Morgan fingerprint density at radius 3 is 2.78 bits per heavy atom. The standard InChI is InChI=1S/C15H15N3/c1-9-4-3-5-12(10(9)2)15-17-13-7-6-11(16)8-14(13)18-15/h3-8H,16H2,1-2H3,(H,17,18). The monoisotopic (exact) mass is 237 g/mol. The van der Waals surface area contributed by atoms with Crippen molar-refractivity contribution in [2.75, 3.05) is 5.73 Å². The lowest BCUT2D eigenvalue weighted by molar-refractivity contribution is 1.27. The highest BCUT2D eigenvalue weighted by Gasteiger charge is 2.08. The summed E-state index contributed by atoms with van der Waals surface area (Å²) in [6.45, 7) is 4.23. The van der Waals surface area contributed by atoms with Gasteiger partial charge in [0.2, 0.25) is 0 Å². The highest BCUT2D eigenvalue weighted by molar-refractivity contribution is 5.82. The number of nitrogen functional groups attached to an aromatic ring is 1. The van der Waals surface area contributed by atoms with Crippen LogP contribution in [0, 0.1) is 13.8 Å². The number of aromatic amines is 1. The van der Waals surface area contributed by atoms with Crippen LogP contribution in [0.4, 0.5) is 5.69 Å². The van der Waals surface area contributed by atoms with E-state index in [1.165, 1.54) is 11.1 Å². The molecule has 0 saturated carbocycles. The van der Waals surface area contributed by atoms with Gasteiger partial charge in [0.05, 0.1) is 11.0 Å². The fourth-order valence-electron chi connectivity index (χ4n) is 2.16. The number of fused-ring (bicyclic) bond motifs is 1. The fraction of sp³-hybridized carbons (Fsp3) is 0.133. The maximum Gasteiger partial charge on any atom is 0.138 e. The van der Waals surface area contributed by atoms with E-state index in [0.29, 0.717) is 0 Å². The molecule has 3 nitrogen and oxygen atoms in total. The van der Waals surface area contributed by atoms with Gasteiger partial charge in [-0.15, -0.1) is 0 Å². The summed E-state index contributed by atoms with van der Waals surface area (Å²) >= 11 is 0. The van der Waals surface area contributed by atoms with Crippen LogP contribution in [0.3, 0.4) is 0 Å². The van der Waals surface area contributed by atoms with E-state index < -0.39 is 0 Å². The Bertz CT molecular complexity index is 726. The maximum absolute atomic E-state index is 5.78. The number of imidazole rings is 1. The van der Waals surface area contributed by atoms with Crippen LogP contribution in [-0.2, 0) is 0 Å². The molecule has 0 atom stereocenters. The molecule has 0 saturated heterocycles. The lowest BCUT2D eigenvalue weighted by Gasteiger charge is -2.05. The van der Waals surface area contributed by atoms with Crippen LogP contribution in [0.1, 0.15) is 11.1 Å². The second-order valence-electron chi connectivity index (χ2n) is 4.61. The predicted molar refractivity (Wildman–Crippen MR) is 75.4 cm³/mol. The van der Waals surface area contributed by atoms with Gasteiger partial charge in [-0.25, -0.2) is 4.98 Å². The van der Waals surface area contributed by atoms with Crippen molar-refractivity contribution in [3.63, 3.8) is 0 Å². The zero-order valence-corrected chi connectivity index (χ0v) is 10.5. The van der Waals surface area contributed by atoms with E-state index in [-0.39, 0.29) is 0 Å². The van der Waals surface area contributed by atoms with Gasteiger partial charge >= 0.3 is 0 Å². The summed E-state index contributed by atoms with van der Waals surface area (Å²) in [7, 11) is 0. The summed E-state index contributed by atoms with van der Waals surface area (Å²) < 4.78 is 0. The predicted octanol–water partition coefficient (Wildman–Crippen LogP) is 3.43. The van der Waals surface area contributed by atoms with E-state index in [1.54, 1.807) is 0 Å². The Labute approximate surface area is 106 Å². The smallest absolute Gasteiger partial charge is 0.138 e. The molecule has 0 aliphatic carbocycles. The van der Waals surface area contributed by atoms with E-state index in [0.717, 1.165) is 28.1 Å². The van der Waals surface area contributed by atoms with Gasteiger partial charge < -0.3 is 10.7 Å². The average molecular weight is 237 g/mol. The topological polar surface area (TPSA) is 54.7 Å². The van der Waals surface area contributed by atoms with Gasteiger partial charge in [0, 0.05) is 11.3 Å². The molecule has 1 aromatic heterocycles. The molecule has 90 valence electrons. The maximum atomic E-state index is 5.78. The molecule has 2 aromatic carbocycles. The van der Waals surface area contributed by atoms with Crippen molar-refractivity contribution >= 4 is 16.7 Å². The van der Waals surface area contributed by atoms with Crippen molar-refractivity contribution in [3.8, 4) is 11.4 Å². The zero-order chi connectivity index (χ0) is 12.7. The molecule has 3 aromatic rings. The Morgan fingerprint density at radius 2 is 1.94 bits per heavy atom. The molecular weight excluding hydrogens is 222 g/mol. The molecule has 3 rings (SSSR count). The molecule has 0 aliphatic rings. The van der Waals surface area contributed by atoms with Crippen LogP contribution in [0.5, 0.6) is 0 Å². The quantitative estimate of drug-likeness (QED) is 0.637. The lowest BCUT2D eigenvalue weighted by atomic mass is 10.0. The molecule has 0 bridgehead atoms. The first-order valence-electron chi connectivity index (χ1n) is 5.97.